The highest BCUT2D eigenvalue weighted by Gasteiger charge is 2.19. The van der Waals surface area contributed by atoms with Crippen LogP contribution in [0.25, 0.3) is 0 Å². The molecule has 0 amide bonds. The van der Waals surface area contributed by atoms with E-state index >= 15 is 0 Å². The molecule has 0 N–H and O–H groups in total. The predicted octanol–water partition coefficient (Wildman–Crippen LogP) is 20.5. The first-order chi connectivity index (χ1) is 33.5. The molecule has 0 radical (unpaired) electrons. The van der Waals surface area contributed by atoms with Crippen molar-refractivity contribution in [3.05, 3.63) is 12.2 Å². The van der Waals surface area contributed by atoms with E-state index < -0.39 is 6.10 Å². The molecule has 0 heterocycles. The van der Waals surface area contributed by atoms with Crippen LogP contribution >= 0.6 is 0 Å². The fourth-order valence-corrected chi connectivity index (χ4v) is 9.38. The van der Waals surface area contributed by atoms with Crippen LogP contribution in [-0.4, -0.2) is 37.2 Å². The number of carbonyl (C=O) groups is 3. The Morgan fingerprint density at radius 1 is 0.279 bits per heavy atom. The van der Waals surface area contributed by atoms with E-state index in [1.54, 1.807) is 0 Å². The Morgan fingerprint density at radius 3 is 0.750 bits per heavy atom. The monoisotopic (exact) mass is 959 g/mol. The lowest BCUT2D eigenvalue weighted by atomic mass is 10.0. The Kier molecular flexibility index (Phi) is 56.2. The van der Waals surface area contributed by atoms with Gasteiger partial charge in [-0.1, -0.05) is 296 Å². The van der Waals surface area contributed by atoms with Crippen molar-refractivity contribution in [2.24, 2.45) is 0 Å². The summed E-state index contributed by atoms with van der Waals surface area (Å²) in [5.41, 5.74) is 0. The highest BCUT2D eigenvalue weighted by atomic mass is 16.6. The van der Waals surface area contributed by atoms with Crippen molar-refractivity contribution in [2.75, 3.05) is 13.2 Å². The molecular formula is C62H118O6. The number of hydrogen-bond donors (Lipinski definition) is 0. The van der Waals surface area contributed by atoms with E-state index in [1.165, 1.54) is 244 Å². The quantitative estimate of drug-likeness (QED) is 0.0262. The molecule has 0 fully saturated rings. The summed E-state index contributed by atoms with van der Waals surface area (Å²) in [4.78, 5) is 37.8. The highest BCUT2D eigenvalue weighted by molar-refractivity contribution is 5.71. The third-order valence-electron chi connectivity index (χ3n) is 14.0. The van der Waals surface area contributed by atoms with Gasteiger partial charge in [0.05, 0.1) is 0 Å². The van der Waals surface area contributed by atoms with E-state index in [1.807, 2.05) is 0 Å². The number of allylic oxidation sites excluding steroid dienone is 2. The van der Waals surface area contributed by atoms with Crippen LogP contribution in [-0.2, 0) is 28.6 Å². The molecule has 0 aliphatic heterocycles. The summed E-state index contributed by atoms with van der Waals surface area (Å²) in [5.74, 6) is -0.869. The molecule has 0 rings (SSSR count). The highest BCUT2D eigenvalue weighted by Crippen LogP contribution is 2.18. The maximum atomic E-state index is 12.7. The summed E-state index contributed by atoms with van der Waals surface area (Å²) < 4.78 is 16.7. The maximum absolute atomic E-state index is 12.7. The summed E-state index contributed by atoms with van der Waals surface area (Å²) in [7, 11) is 0. The molecule has 6 nitrogen and oxygen atoms in total. The molecule has 0 aliphatic carbocycles. The van der Waals surface area contributed by atoms with E-state index in [2.05, 4.69) is 32.9 Å². The second-order valence-corrected chi connectivity index (χ2v) is 21.0. The molecule has 402 valence electrons. The van der Waals surface area contributed by atoms with E-state index in [-0.39, 0.29) is 31.1 Å². The summed E-state index contributed by atoms with van der Waals surface area (Å²) in [6.07, 6.45) is 67.0. The first-order valence-electron chi connectivity index (χ1n) is 30.7. The van der Waals surface area contributed by atoms with Crippen molar-refractivity contribution >= 4 is 17.9 Å². The standard InChI is InChI=1S/C62H118O6/c1-4-7-10-13-16-18-20-22-23-24-25-26-27-28-29-30-31-32-33-34-35-36-37-38-39-41-42-44-46-49-52-55-61(64)67-58-59(57-66-60(63)54-51-48-15-12-9-6-3)68-62(65)56-53-50-47-45-43-40-21-19-17-14-11-8-5-2/h19,21,59H,4-18,20,22-58H2,1-3H3/b21-19-. The molecule has 1 atom stereocenters. The fourth-order valence-electron chi connectivity index (χ4n) is 9.38. The Balaban J connectivity index is 3.89. The summed E-state index contributed by atoms with van der Waals surface area (Å²) in [5, 5.41) is 0. The smallest absolute Gasteiger partial charge is 0.306 e. The molecule has 0 aliphatic rings. The molecule has 0 saturated heterocycles. The number of hydrogen-bond acceptors (Lipinski definition) is 6. The minimum Gasteiger partial charge on any atom is -0.462 e. The van der Waals surface area contributed by atoms with Crippen molar-refractivity contribution < 1.29 is 28.6 Å². The molecule has 0 aromatic carbocycles. The zero-order valence-electron chi connectivity index (χ0n) is 46.2. The van der Waals surface area contributed by atoms with Crippen molar-refractivity contribution in [1.29, 1.82) is 0 Å². The Hall–Kier alpha value is -1.85. The molecule has 0 aromatic heterocycles. The average molecular weight is 960 g/mol. The van der Waals surface area contributed by atoms with Crippen LogP contribution in [0.2, 0.25) is 0 Å². The van der Waals surface area contributed by atoms with Gasteiger partial charge in [-0.05, 0) is 44.9 Å². The van der Waals surface area contributed by atoms with E-state index in [0.29, 0.717) is 19.3 Å². The number of ether oxygens (including phenoxy) is 3. The minimum atomic E-state index is -0.767. The van der Waals surface area contributed by atoms with Crippen LogP contribution in [0.5, 0.6) is 0 Å². The van der Waals surface area contributed by atoms with Gasteiger partial charge in [-0.2, -0.15) is 0 Å². The molecule has 1 unspecified atom stereocenters. The van der Waals surface area contributed by atoms with Gasteiger partial charge in [0, 0.05) is 19.3 Å². The first kappa shape index (κ1) is 66.2. The van der Waals surface area contributed by atoms with Crippen molar-refractivity contribution in [2.45, 2.75) is 354 Å². The topological polar surface area (TPSA) is 78.9 Å². The maximum Gasteiger partial charge on any atom is 0.306 e. The number of unbranched alkanes of at least 4 members (excludes halogenated alkanes) is 44. The van der Waals surface area contributed by atoms with Gasteiger partial charge in [0.1, 0.15) is 13.2 Å². The summed E-state index contributed by atoms with van der Waals surface area (Å²) in [6.45, 7) is 6.61. The normalized spacial score (nSPS) is 12.0. The molecule has 0 bridgehead atoms. The zero-order valence-corrected chi connectivity index (χ0v) is 46.2. The van der Waals surface area contributed by atoms with Crippen LogP contribution in [0.15, 0.2) is 12.2 Å². The van der Waals surface area contributed by atoms with Crippen LogP contribution in [0, 0.1) is 0 Å². The third-order valence-corrected chi connectivity index (χ3v) is 14.0. The fraction of sp³-hybridized carbons (Fsp3) is 0.919. The van der Waals surface area contributed by atoms with Gasteiger partial charge in [0.25, 0.3) is 0 Å². The van der Waals surface area contributed by atoms with Crippen molar-refractivity contribution in [3.8, 4) is 0 Å². The summed E-state index contributed by atoms with van der Waals surface area (Å²) in [6, 6.07) is 0. The van der Waals surface area contributed by atoms with Gasteiger partial charge in [0.2, 0.25) is 0 Å². The van der Waals surface area contributed by atoms with E-state index in [4.69, 9.17) is 14.2 Å². The minimum absolute atomic E-state index is 0.0688. The molecule has 0 spiro atoms. The number of rotatable bonds is 57. The van der Waals surface area contributed by atoms with Gasteiger partial charge in [-0.3, -0.25) is 14.4 Å². The Labute approximate surface area is 424 Å². The number of esters is 3. The van der Waals surface area contributed by atoms with Gasteiger partial charge in [-0.15, -0.1) is 0 Å². The van der Waals surface area contributed by atoms with Crippen molar-refractivity contribution in [3.63, 3.8) is 0 Å². The van der Waals surface area contributed by atoms with E-state index in [0.717, 1.165) is 64.2 Å². The molecule has 6 heteroatoms. The van der Waals surface area contributed by atoms with Crippen molar-refractivity contribution in [1.82, 2.24) is 0 Å². The van der Waals surface area contributed by atoms with Gasteiger partial charge in [-0.25, -0.2) is 0 Å². The lowest BCUT2D eigenvalue weighted by Crippen LogP contribution is -2.30. The average Bonchev–Trinajstić information content (AvgIpc) is 3.34. The zero-order chi connectivity index (χ0) is 49.3. The van der Waals surface area contributed by atoms with Crippen LogP contribution in [0.3, 0.4) is 0 Å². The van der Waals surface area contributed by atoms with Gasteiger partial charge >= 0.3 is 17.9 Å². The van der Waals surface area contributed by atoms with E-state index in [9.17, 15) is 14.4 Å². The lowest BCUT2D eigenvalue weighted by molar-refractivity contribution is -0.167. The molecular weight excluding hydrogens is 841 g/mol. The second kappa shape index (κ2) is 57.7. The van der Waals surface area contributed by atoms with Gasteiger partial charge < -0.3 is 14.2 Å². The number of carbonyl (C=O) groups excluding carboxylic acids is 3. The molecule has 0 aromatic rings. The predicted molar refractivity (Wildman–Crippen MR) is 293 cm³/mol. The van der Waals surface area contributed by atoms with Crippen LogP contribution in [0.1, 0.15) is 348 Å². The van der Waals surface area contributed by atoms with Crippen LogP contribution in [0.4, 0.5) is 0 Å². The van der Waals surface area contributed by atoms with Crippen LogP contribution < -0.4 is 0 Å². The SMILES string of the molecule is CCCCCC/C=C\CCCCCCCC(=O)OC(COC(=O)CCCCCCCC)COC(=O)CCCCCCCCCCCCCCCCCCCCCCCCCCCCCCCCC. The third kappa shape index (κ3) is 55.1. The molecule has 68 heavy (non-hydrogen) atoms. The Morgan fingerprint density at radius 2 is 0.485 bits per heavy atom. The molecule has 0 saturated carbocycles. The summed E-state index contributed by atoms with van der Waals surface area (Å²) >= 11 is 0. The first-order valence-corrected chi connectivity index (χ1v) is 30.7. The van der Waals surface area contributed by atoms with Gasteiger partial charge in [0.15, 0.2) is 6.10 Å². The largest absolute Gasteiger partial charge is 0.462 e. The second-order valence-electron chi connectivity index (χ2n) is 21.0. The lowest BCUT2D eigenvalue weighted by Gasteiger charge is -2.18. The Bertz CT molecular complexity index is 1060.